The number of carbonyl (C=O) groups is 1. The Morgan fingerprint density at radius 3 is 2.79 bits per heavy atom. The van der Waals surface area contributed by atoms with Gasteiger partial charge < -0.3 is 14.6 Å². The van der Waals surface area contributed by atoms with Crippen LogP contribution in [-0.2, 0) is 11.3 Å². The third-order valence-electron chi connectivity index (χ3n) is 4.29. The van der Waals surface area contributed by atoms with E-state index in [0.29, 0.717) is 28.8 Å². The molecule has 1 N–H and O–H groups in total. The number of rotatable bonds is 6. The van der Waals surface area contributed by atoms with Crippen LogP contribution in [0.2, 0.25) is 0 Å². The van der Waals surface area contributed by atoms with Crippen molar-refractivity contribution in [3.05, 3.63) is 76.1 Å². The second-order valence-corrected chi connectivity index (χ2v) is 6.11. The molecule has 1 amide bonds. The van der Waals surface area contributed by atoms with Crippen LogP contribution in [0.4, 0.5) is 4.39 Å². The maximum absolute atomic E-state index is 13.8. The van der Waals surface area contributed by atoms with Crippen LogP contribution in [0.5, 0.6) is 5.75 Å². The van der Waals surface area contributed by atoms with Gasteiger partial charge in [0.1, 0.15) is 5.82 Å². The largest absolute Gasteiger partial charge is 0.494 e. The van der Waals surface area contributed by atoms with Crippen molar-refractivity contribution in [2.45, 2.75) is 13.5 Å². The van der Waals surface area contributed by atoms with Gasteiger partial charge in [0.05, 0.1) is 24.6 Å². The minimum Gasteiger partial charge on any atom is -0.494 e. The Morgan fingerprint density at radius 2 is 2.07 bits per heavy atom. The van der Waals surface area contributed by atoms with Crippen molar-refractivity contribution in [3.8, 4) is 5.75 Å². The molecule has 0 aliphatic heterocycles. The smallest absolute Gasteiger partial charge is 0.258 e. The number of ether oxygens (including phenoxy) is 1. The summed E-state index contributed by atoms with van der Waals surface area (Å²) in [6.07, 6.45) is 2.90. The fraction of sp³-hybridized carbons (Fsp3) is 0.190. The number of H-pyrrole nitrogens is 1. The van der Waals surface area contributed by atoms with Crippen LogP contribution in [0, 0.1) is 5.82 Å². The zero-order valence-electron chi connectivity index (χ0n) is 15.6. The molecule has 6 nitrogen and oxygen atoms in total. The molecule has 0 fully saturated rings. The van der Waals surface area contributed by atoms with Gasteiger partial charge in [-0.2, -0.15) is 0 Å². The second kappa shape index (κ2) is 8.47. The number of nitrogens with one attached hydrogen (secondary N) is 1. The molecule has 7 heteroatoms. The van der Waals surface area contributed by atoms with Crippen LogP contribution in [0.1, 0.15) is 18.3 Å². The molecular weight excluding hydrogens is 361 g/mol. The highest BCUT2D eigenvalue weighted by Crippen LogP contribution is 2.18. The van der Waals surface area contributed by atoms with Gasteiger partial charge in [0, 0.05) is 12.6 Å². The predicted molar refractivity (Wildman–Crippen MR) is 105 cm³/mol. The van der Waals surface area contributed by atoms with E-state index in [0.717, 1.165) is 0 Å². The van der Waals surface area contributed by atoms with Gasteiger partial charge in [0.2, 0.25) is 5.91 Å². The molecule has 0 bridgehead atoms. The first kappa shape index (κ1) is 19.3. The molecule has 0 aliphatic carbocycles. The average molecular weight is 381 g/mol. The summed E-state index contributed by atoms with van der Waals surface area (Å²) in [5, 5.41) is 0.502. The lowest BCUT2D eigenvalue weighted by Gasteiger charge is -2.18. The van der Waals surface area contributed by atoms with Gasteiger partial charge >= 0.3 is 0 Å². The summed E-state index contributed by atoms with van der Waals surface area (Å²) in [6, 6.07) is 11.5. The molecule has 3 aromatic rings. The van der Waals surface area contributed by atoms with Gasteiger partial charge in [-0.1, -0.05) is 18.2 Å². The highest BCUT2D eigenvalue weighted by atomic mass is 19.1. The molecule has 28 heavy (non-hydrogen) atoms. The minimum atomic E-state index is -0.498. The van der Waals surface area contributed by atoms with Crippen LogP contribution in [0.15, 0.2) is 53.3 Å². The Balaban J connectivity index is 1.77. The first-order valence-electron chi connectivity index (χ1n) is 8.80. The van der Waals surface area contributed by atoms with E-state index >= 15 is 0 Å². The van der Waals surface area contributed by atoms with Crippen molar-refractivity contribution in [2.75, 3.05) is 13.7 Å². The Labute approximate surface area is 161 Å². The van der Waals surface area contributed by atoms with Gasteiger partial charge in [-0.3, -0.25) is 9.59 Å². The highest BCUT2D eigenvalue weighted by molar-refractivity contribution is 5.91. The number of aromatic nitrogens is 2. The summed E-state index contributed by atoms with van der Waals surface area (Å²) in [6.45, 7) is 2.42. The van der Waals surface area contributed by atoms with Crippen LogP contribution >= 0.6 is 0 Å². The van der Waals surface area contributed by atoms with Gasteiger partial charge in [-0.05, 0) is 42.8 Å². The number of carbonyl (C=O) groups excluding carboxylic acids is 1. The van der Waals surface area contributed by atoms with E-state index in [1.54, 1.807) is 30.3 Å². The maximum atomic E-state index is 13.8. The van der Waals surface area contributed by atoms with Gasteiger partial charge in [-0.25, -0.2) is 9.37 Å². The second-order valence-electron chi connectivity index (χ2n) is 6.11. The zero-order valence-corrected chi connectivity index (χ0v) is 15.6. The van der Waals surface area contributed by atoms with E-state index in [1.807, 2.05) is 6.92 Å². The number of nitrogens with zero attached hydrogens (tertiary/aromatic N) is 2. The molecule has 3 rings (SSSR count). The number of methoxy groups -OCH3 is 1. The summed E-state index contributed by atoms with van der Waals surface area (Å²) < 4.78 is 18.6. The third kappa shape index (κ3) is 4.25. The molecule has 0 unspecified atom stereocenters. The summed E-state index contributed by atoms with van der Waals surface area (Å²) >= 11 is 0. The highest BCUT2D eigenvalue weighted by Gasteiger charge is 2.12. The topological polar surface area (TPSA) is 75.3 Å². The lowest BCUT2D eigenvalue weighted by atomic mass is 10.2. The first-order chi connectivity index (χ1) is 13.5. The summed E-state index contributed by atoms with van der Waals surface area (Å²) in [4.78, 5) is 33.3. The number of fused-ring (bicyclic) bond motifs is 1. The summed E-state index contributed by atoms with van der Waals surface area (Å²) in [5.41, 5.74) is 0.877. The van der Waals surface area contributed by atoms with E-state index in [1.165, 1.54) is 36.3 Å². The van der Waals surface area contributed by atoms with Crippen molar-refractivity contribution >= 4 is 22.9 Å². The number of halogens is 1. The lowest BCUT2D eigenvalue weighted by Crippen LogP contribution is -2.30. The molecule has 0 radical (unpaired) electrons. The van der Waals surface area contributed by atoms with Crippen LogP contribution in [0.25, 0.3) is 17.0 Å². The van der Waals surface area contributed by atoms with E-state index < -0.39 is 5.82 Å². The predicted octanol–water partition coefficient (Wildman–Crippen LogP) is 3.13. The van der Waals surface area contributed by atoms with Crippen molar-refractivity contribution < 1.29 is 13.9 Å². The number of aromatic amines is 1. The minimum absolute atomic E-state index is 0.144. The Kier molecular flexibility index (Phi) is 5.84. The fourth-order valence-electron chi connectivity index (χ4n) is 2.80. The molecule has 0 saturated heterocycles. The Bertz CT molecular complexity index is 1090. The molecule has 2 aromatic carbocycles. The molecule has 1 heterocycles. The summed E-state index contributed by atoms with van der Waals surface area (Å²) in [5.74, 6) is -0.218. The molecule has 144 valence electrons. The van der Waals surface area contributed by atoms with Gasteiger partial charge in [0.15, 0.2) is 11.6 Å². The number of hydrogen-bond donors (Lipinski definition) is 1. The Morgan fingerprint density at radius 1 is 1.29 bits per heavy atom. The van der Waals surface area contributed by atoms with Crippen molar-refractivity contribution in [3.63, 3.8) is 0 Å². The fourth-order valence-corrected chi connectivity index (χ4v) is 2.80. The van der Waals surface area contributed by atoms with Crippen molar-refractivity contribution in [1.82, 2.24) is 14.9 Å². The maximum Gasteiger partial charge on any atom is 0.258 e. The number of hydrogen-bond acceptors (Lipinski definition) is 4. The standard InChI is InChI=1S/C21H20FN3O3/c1-3-25(13-19-23-17-7-5-4-6-15(17)21(27)24-19)20(26)11-9-14-8-10-18(28-2)16(22)12-14/h4-12H,3,13H2,1-2H3,(H,23,24,27)/b11-9+. The molecule has 0 spiro atoms. The SMILES string of the molecule is CCN(Cc1nc2ccccc2c(=O)[nH]1)C(=O)/C=C/c1ccc(OC)c(F)c1. The molecule has 0 saturated carbocycles. The Hall–Kier alpha value is -3.48. The third-order valence-corrected chi connectivity index (χ3v) is 4.29. The van der Waals surface area contributed by atoms with Crippen LogP contribution < -0.4 is 10.3 Å². The summed E-state index contributed by atoms with van der Waals surface area (Å²) in [7, 11) is 1.39. The van der Waals surface area contributed by atoms with E-state index in [2.05, 4.69) is 9.97 Å². The van der Waals surface area contributed by atoms with E-state index in [-0.39, 0.29) is 23.8 Å². The van der Waals surface area contributed by atoms with Gasteiger partial charge in [0.25, 0.3) is 5.56 Å². The number of benzene rings is 2. The normalized spacial score (nSPS) is 11.1. The molecular formula is C21H20FN3O3. The van der Waals surface area contributed by atoms with E-state index in [4.69, 9.17) is 4.74 Å². The molecule has 0 atom stereocenters. The quantitative estimate of drug-likeness (QED) is 0.666. The first-order valence-corrected chi connectivity index (χ1v) is 8.80. The average Bonchev–Trinajstić information content (AvgIpc) is 2.70. The lowest BCUT2D eigenvalue weighted by molar-refractivity contribution is -0.126. The van der Waals surface area contributed by atoms with Crippen LogP contribution in [0.3, 0.4) is 0 Å². The van der Waals surface area contributed by atoms with Crippen molar-refractivity contribution in [2.24, 2.45) is 0 Å². The van der Waals surface area contributed by atoms with E-state index in [9.17, 15) is 14.0 Å². The monoisotopic (exact) mass is 381 g/mol. The number of para-hydroxylation sites is 1. The molecule has 0 aliphatic rings. The number of amides is 1. The van der Waals surface area contributed by atoms with Gasteiger partial charge in [-0.15, -0.1) is 0 Å². The van der Waals surface area contributed by atoms with Crippen LogP contribution in [-0.4, -0.2) is 34.4 Å². The molecule has 1 aromatic heterocycles. The van der Waals surface area contributed by atoms with Crippen molar-refractivity contribution in [1.29, 1.82) is 0 Å². The zero-order chi connectivity index (χ0) is 20.1. The number of likely N-dealkylation sites (N-methyl/N-ethyl adjacent to an activating group) is 1.